The lowest BCUT2D eigenvalue weighted by Crippen LogP contribution is -2.20. The molecule has 0 saturated carbocycles. The lowest BCUT2D eigenvalue weighted by atomic mass is 9.86. The van der Waals surface area contributed by atoms with E-state index >= 15 is 0 Å². The van der Waals surface area contributed by atoms with Crippen LogP contribution in [0.1, 0.15) is 36.7 Å². The van der Waals surface area contributed by atoms with Crippen molar-refractivity contribution in [3.63, 3.8) is 0 Å². The minimum atomic E-state index is -4.08. The Labute approximate surface area is 183 Å². The molecule has 0 aliphatic rings. The lowest BCUT2D eigenvalue weighted by molar-refractivity contribution is 0.106. The molecule has 0 aromatic heterocycles. The fourth-order valence-electron chi connectivity index (χ4n) is 3.35. The third-order valence-corrected chi connectivity index (χ3v) is 7.12. The Hall–Kier alpha value is -3.04. The molecule has 0 amide bonds. The van der Waals surface area contributed by atoms with Crippen molar-refractivity contribution in [3.05, 3.63) is 83.9 Å². The van der Waals surface area contributed by atoms with Gasteiger partial charge in [0.15, 0.2) is 0 Å². The summed E-state index contributed by atoms with van der Waals surface area (Å²) in [4.78, 5) is 13.8. The zero-order valence-corrected chi connectivity index (χ0v) is 19.3. The molecule has 0 fully saturated rings. The number of benzene rings is 3. The number of carbonyl (C=O) groups excluding carboxylic acids is 1. The number of para-hydroxylation sites is 1. The first kappa shape index (κ1) is 22.6. The average molecular weight is 438 g/mol. The highest BCUT2D eigenvalue weighted by Gasteiger charge is 2.41. The zero-order chi connectivity index (χ0) is 22.6. The molecular formula is C25H27O5P. The molecule has 0 heterocycles. The highest BCUT2D eigenvalue weighted by molar-refractivity contribution is 7.83. The monoisotopic (exact) mass is 438 g/mol. The number of carbonyl (C=O) groups is 1. The van der Waals surface area contributed by atoms with Gasteiger partial charge in [0.05, 0.1) is 19.5 Å². The third kappa shape index (κ3) is 4.52. The van der Waals surface area contributed by atoms with E-state index in [4.69, 9.17) is 14.0 Å². The van der Waals surface area contributed by atoms with Gasteiger partial charge >= 0.3 is 7.37 Å². The van der Waals surface area contributed by atoms with Gasteiger partial charge in [-0.15, -0.1) is 0 Å². The van der Waals surface area contributed by atoms with Crippen LogP contribution in [-0.4, -0.2) is 19.7 Å². The molecule has 0 bridgehead atoms. The van der Waals surface area contributed by atoms with E-state index in [1.165, 1.54) is 14.2 Å². The first-order chi connectivity index (χ1) is 14.7. The van der Waals surface area contributed by atoms with Crippen LogP contribution in [0.4, 0.5) is 0 Å². The van der Waals surface area contributed by atoms with Crippen LogP contribution in [0.2, 0.25) is 0 Å². The Morgan fingerprint density at radius 3 is 1.81 bits per heavy atom. The van der Waals surface area contributed by atoms with Gasteiger partial charge in [0.25, 0.3) is 5.52 Å². The van der Waals surface area contributed by atoms with Gasteiger partial charge in [-0.1, -0.05) is 63.2 Å². The summed E-state index contributed by atoms with van der Waals surface area (Å²) in [5, 5.41) is 0.302. The van der Waals surface area contributed by atoms with Crippen molar-refractivity contribution in [2.75, 3.05) is 14.2 Å². The van der Waals surface area contributed by atoms with E-state index in [1.807, 2.05) is 32.9 Å². The predicted octanol–water partition coefficient (Wildman–Crippen LogP) is 5.82. The molecule has 0 saturated heterocycles. The van der Waals surface area contributed by atoms with Crippen LogP contribution in [-0.2, 0) is 9.98 Å². The Bertz CT molecular complexity index is 1090. The SMILES string of the molecule is COc1cccc(OC)c1C(=O)P(=O)(Oc1ccccc1C(C)(C)C)c1ccccc1. The number of hydrogen-bond acceptors (Lipinski definition) is 5. The fraction of sp³-hybridized carbons (Fsp3) is 0.240. The van der Waals surface area contributed by atoms with Gasteiger partial charge in [-0.3, -0.25) is 9.36 Å². The average Bonchev–Trinajstić information content (AvgIpc) is 2.78. The number of ether oxygens (including phenoxy) is 2. The van der Waals surface area contributed by atoms with Crippen LogP contribution < -0.4 is 19.3 Å². The smallest absolute Gasteiger partial charge is 0.346 e. The Balaban J connectivity index is 2.23. The number of rotatable bonds is 7. The predicted molar refractivity (Wildman–Crippen MR) is 123 cm³/mol. The van der Waals surface area contributed by atoms with E-state index in [0.717, 1.165) is 5.56 Å². The molecule has 0 radical (unpaired) electrons. The van der Waals surface area contributed by atoms with Gasteiger partial charge in [0.1, 0.15) is 22.8 Å². The molecule has 0 N–H and O–H groups in total. The molecule has 3 aromatic carbocycles. The van der Waals surface area contributed by atoms with Crippen molar-refractivity contribution in [2.45, 2.75) is 26.2 Å². The summed E-state index contributed by atoms with van der Waals surface area (Å²) in [7, 11) is -1.18. The molecule has 0 aliphatic heterocycles. The number of hydrogen-bond donors (Lipinski definition) is 0. The van der Waals surface area contributed by atoms with E-state index in [-0.39, 0.29) is 22.5 Å². The van der Waals surface area contributed by atoms with Crippen molar-refractivity contribution in [2.24, 2.45) is 0 Å². The van der Waals surface area contributed by atoms with Crippen molar-refractivity contribution >= 4 is 18.2 Å². The third-order valence-electron chi connectivity index (χ3n) is 4.93. The Morgan fingerprint density at radius 1 is 0.742 bits per heavy atom. The van der Waals surface area contributed by atoms with Gasteiger partial charge in [-0.2, -0.15) is 0 Å². The standard InChI is InChI=1S/C25H27O5P/c1-25(2,3)19-14-9-10-15-20(19)30-31(27,18-12-7-6-8-13-18)24(26)23-21(28-4)16-11-17-22(23)29-5/h6-17H,1-5H3. The Morgan fingerprint density at radius 2 is 1.26 bits per heavy atom. The molecule has 1 atom stereocenters. The maximum atomic E-state index is 14.4. The fourth-order valence-corrected chi connectivity index (χ4v) is 5.29. The van der Waals surface area contributed by atoms with E-state index in [2.05, 4.69) is 0 Å². The van der Waals surface area contributed by atoms with E-state index in [1.54, 1.807) is 60.7 Å². The highest BCUT2D eigenvalue weighted by atomic mass is 31.2. The van der Waals surface area contributed by atoms with E-state index in [9.17, 15) is 9.36 Å². The molecule has 5 nitrogen and oxygen atoms in total. The summed E-state index contributed by atoms with van der Waals surface area (Å²) >= 11 is 0. The maximum Gasteiger partial charge on any atom is 0.346 e. The van der Waals surface area contributed by atoms with E-state index in [0.29, 0.717) is 11.1 Å². The molecule has 162 valence electrons. The largest absolute Gasteiger partial charge is 0.496 e. The minimum absolute atomic E-state index is 0.0907. The van der Waals surface area contributed by atoms with Gasteiger partial charge in [-0.25, -0.2) is 0 Å². The topological polar surface area (TPSA) is 61.8 Å². The normalized spacial score (nSPS) is 13.2. The summed E-state index contributed by atoms with van der Waals surface area (Å²) in [5.74, 6) is 0.950. The summed E-state index contributed by atoms with van der Waals surface area (Å²) in [5.41, 5.74) is -0.0147. The van der Waals surface area contributed by atoms with Crippen molar-refractivity contribution in [1.29, 1.82) is 0 Å². The second kappa shape index (κ2) is 8.99. The van der Waals surface area contributed by atoms with Gasteiger partial charge < -0.3 is 14.0 Å². The zero-order valence-electron chi connectivity index (χ0n) is 18.4. The van der Waals surface area contributed by atoms with Crippen LogP contribution in [0.15, 0.2) is 72.8 Å². The van der Waals surface area contributed by atoms with Crippen LogP contribution in [0, 0.1) is 0 Å². The van der Waals surface area contributed by atoms with E-state index < -0.39 is 12.9 Å². The van der Waals surface area contributed by atoms with Crippen LogP contribution in [0.25, 0.3) is 0 Å². The molecule has 6 heteroatoms. The van der Waals surface area contributed by atoms with Crippen LogP contribution in [0.3, 0.4) is 0 Å². The van der Waals surface area contributed by atoms with Gasteiger partial charge in [0, 0.05) is 0 Å². The van der Waals surface area contributed by atoms with Crippen molar-refractivity contribution < 1.29 is 23.4 Å². The first-order valence-corrected chi connectivity index (χ1v) is 11.6. The highest BCUT2D eigenvalue weighted by Crippen LogP contribution is 2.53. The molecule has 0 aliphatic carbocycles. The van der Waals surface area contributed by atoms with Crippen LogP contribution in [0.5, 0.6) is 17.2 Å². The summed E-state index contributed by atoms with van der Waals surface area (Å²) < 4.78 is 31.4. The van der Waals surface area contributed by atoms with Crippen LogP contribution >= 0.6 is 7.37 Å². The van der Waals surface area contributed by atoms with Gasteiger partial charge in [-0.05, 0) is 41.3 Å². The molecule has 31 heavy (non-hydrogen) atoms. The van der Waals surface area contributed by atoms with Crippen molar-refractivity contribution in [3.8, 4) is 17.2 Å². The quantitative estimate of drug-likeness (QED) is 0.435. The Kier molecular flexibility index (Phi) is 6.56. The second-order valence-corrected chi connectivity index (χ2v) is 10.3. The number of methoxy groups -OCH3 is 2. The summed E-state index contributed by atoms with van der Waals surface area (Å²) in [6.45, 7) is 6.11. The molecule has 3 aromatic rings. The molecule has 3 rings (SSSR count). The van der Waals surface area contributed by atoms with Gasteiger partial charge in [0.2, 0.25) is 0 Å². The molecular weight excluding hydrogens is 411 g/mol. The summed E-state index contributed by atoms with van der Waals surface area (Å²) in [6, 6.07) is 20.9. The first-order valence-electron chi connectivity index (χ1n) is 9.93. The molecule has 1 unspecified atom stereocenters. The second-order valence-electron chi connectivity index (χ2n) is 8.07. The minimum Gasteiger partial charge on any atom is -0.496 e. The maximum absolute atomic E-state index is 14.4. The summed E-state index contributed by atoms with van der Waals surface area (Å²) in [6.07, 6.45) is 0. The van der Waals surface area contributed by atoms with Crippen molar-refractivity contribution in [1.82, 2.24) is 0 Å². The molecule has 0 spiro atoms. The lowest BCUT2D eigenvalue weighted by Gasteiger charge is -2.26.